The molecular formula is C21H24N3O3+. The number of hydrogen-bond donors (Lipinski definition) is 1. The molecule has 2 amide bonds. The maximum Gasteiger partial charge on any atom is 0.292 e. The van der Waals surface area contributed by atoms with Crippen LogP contribution in [0.1, 0.15) is 6.42 Å². The van der Waals surface area contributed by atoms with E-state index in [0.29, 0.717) is 11.4 Å². The number of piperazine rings is 1. The maximum atomic E-state index is 13.0. The van der Waals surface area contributed by atoms with Crippen molar-refractivity contribution in [3.63, 3.8) is 0 Å². The summed E-state index contributed by atoms with van der Waals surface area (Å²) in [6, 6.07) is 17.1. The highest BCUT2D eigenvalue weighted by Gasteiger charge is 2.46. The van der Waals surface area contributed by atoms with Gasteiger partial charge in [0.1, 0.15) is 5.75 Å². The summed E-state index contributed by atoms with van der Waals surface area (Å²) in [6.07, 6.45) is 0.283. The highest BCUT2D eigenvalue weighted by molar-refractivity contribution is 6.21. The van der Waals surface area contributed by atoms with Crippen molar-refractivity contribution >= 4 is 23.2 Å². The lowest BCUT2D eigenvalue weighted by molar-refractivity contribution is -0.915. The minimum atomic E-state index is -0.280. The van der Waals surface area contributed by atoms with Crippen molar-refractivity contribution in [2.45, 2.75) is 12.5 Å². The third-order valence-corrected chi connectivity index (χ3v) is 5.50. The Bertz CT molecular complexity index is 814. The summed E-state index contributed by atoms with van der Waals surface area (Å²) in [5, 5.41) is 0. The molecule has 0 radical (unpaired) electrons. The number of quaternary nitrogens is 1. The predicted molar refractivity (Wildman–Crippen MR) is 103 cm³/mol. The Kier molecular flexibility index (Phi) is 4.81. The molecule has 2 heterocycles. The van der Waals surface area contributed by atoms with Crippen LogP contribution in [0.2, 0.25) is 0 Å². The highest BCUT2D eigenvalue weighted by atomic mass is 16.5. The van der Waals surface area contributed by atoms with Crippen LogP contribution in [0.3, 0.4) is 0 Å². The second-order valence-electron chi connectivity index (χ2n) is 7.00. The van der Waals surface area contributed by atoms with E-state index in [1.807, 2.05) is 18.2 Å². The molecule has 0 bridgehead atoms. The normalized spacial score (nSPS) is 21.0. The summed E-state index contributed by atoms with van der Waals surface area (Å²) in [5.41, 5.74) is 1.83. The van der Waals surface area contributed by atoms with Crippen LogP contribution in [0.15, 0.2) is 54.6 Å². The summed E-state index contributed by atoms with van der Waals surface area (Å²) < 4.78 is 5.15. The lowest BCUT2D eigenvalue weighted by Gasteiger charge is -2.35. The van der Waals surface area contributed by atoms with Crippen molar-refractivity contribution in [2.24, 2.45) is 0 Å². The van der Waals surface area contributed by atoms with Gasteiger partial charge in [-0.05, 0) is 36.4 Å². The van der Waals surface area contributed by atoms with Crippen molar-refractivity contribution in [1.82, 2.24) is 0 Å². The van der Waals surface area contributed by atoms with E-state index in [4.69, 9.17) is 4.74 Å². The SMILES string of the molecule is COc1ccc(N2C(=O)CC([NH+]3CCN(c4ccccc4)CC3)C2=O)cc1. The number of nitrogens with one attached hydrogen (secondary N) is 1. The second kappa shape index (κ2) is 7.40. The molecule has 0 saturated carbocycles. The number of hydrogen-bond acceptors (Lipinski definition) is 4. The zero-order valence-corrected chi connectivity index (χ0v) is 15.4. The molecule has 140 valence electrons. The van der Waals surface area contributed by atoms with Crippen molar-refractivity contribution in [2.75, 3.05) is 43.1 Å². The number of carbonyl (C=O) groups excluding carboxylic acids is 2. The molecule has 2 aromatic carbocycles. The van der Waals surface area contributed by atoms with E-state index >= 15 is 0 Å². The molecule has 0 spiro atoms. The lowest BCUT2D eigenvalue weighted by atomic mass is 10.1. The summed E-state index contributed by atoms with van der Waals surface area (Å²) in [5.74, 6) is 0.499. The van der Waals surface area contributed by atoms with Crippen LogP contribution < -0.4 is 19.4 Å². The van der Waals surface area contributed by atoms with E-state index < -0.39 is 0 Å². The van der Waals surface area contributed by atoms with Crippen molar-refractivity contribution < 1.29 is 19.2 Å². The Hall–Kier alpha value is -2.86. The Morgan fingerprint density at radius 2 is 1.59 bits per heavy atom. The van der Waals surface area contributed by atoms with Gasteiger partial charge in [0.15, 0.2) is 6.04 Å². The van der Waals surface area contributed by atoms with Crippen molar-refractivity contribution in [3.05, 3.63) is 54.6 Å². The third kappa shape index (κ3) is 3.40. The van der Waals surface area contributed by atoms with Gasteiger partial charge in [-0.3, -0.25) is 9.59 Å². The summed E-state index contributed by atoms with van der Waals surface area (Å²) in [7, 11) is 1.59. The number of imide groups is 1. The van der Waals surface area contributed by atoms with E-state index in [9.17, 15) is 9.59 Å². The van der Waals surface area contributed by atoms with Gasteiger partial charge in [-0.2, -0.15) is 0 Å². The van der Waals surface area contributed by atoms with Crippen LogP contribution in [-0.2, 0) is 9.59 Å². The number of anilines is 2. The molecule has 1 atom stereocenters. The third-order valence-electron chi connectivity index (χ3n) is 5.50. The molecule has 2 aliphatic heterocycles. The number of nitrogens with zero attached hydrogens (tertiary/aromatic N) is 2. The molecule has 2 aromatic rings. The monoisotopic (exact) mass is 366 g/mol. The fourth-order valence-electron chi connectivity index (χ4n) is 3.99. The smallest absolute Gasteiger partial charge is 0.292 e. The number of para-hydroxylation sites is 1. The minimum Gasteiger partial charge on any atom is -0.497 e. The average molecular weight is 366 g/mol. The van der Waals surface area contributed by atoms with Gasteiger partial charge >= 0.3 is 0 Å². The topological polar surface area (TPSA) is 54.3 Å². The first-order valence-corrected chi connectivity index (χ1v) is 9.33. The molecule has 2 fully saturated rings. The molecule has 2 saturated heterocycles. The molecule has 4 rings (SSSR count). The zero-order valence-electron chi connectivity index (χ0n) is 15.4. The summed E-state index contributed by atoms with van der Waals surface area (Å²) in [6.45, 7) is 3.49. The van der Waals surface area contributed by atoms with Crippen LogP contribution in [0.25, 0.3) is 0 Å². The Labute approximate surface area is 158 Å². The van der Waals surface area contributed by atoms with Gasteiger partial charge in [-0.15, -0.1) is 0 Å². The number of carbonyl (C=O) groups is 2. The largest absolute Gasteiger partial charge is 0.497 e. The molecule has 6 nitrogen and oxygen atoms in total. The Morgan fingerprint density at radius 1 is 0.926 bits per heavy atom. The number of amides is 2. The van der Waals surface area contributed by atoms with Gasteiger partial charge in [-0.25, -0.2) is 4.90 Å². The van der Waals surface area contributed by atoms with E-state index in [0.717, 1.165) is 26.2 Å². The number of benzene rings is 2. The van der Waals surface area contributed by atoms with Crippen LogP contribution in [0.4, 0.5) is 11.4 Å². The zero-order chi connectivity index (χ0) is 18.8. The fourth-order valence-corrected chi connectivity index (χ4v) is 3.99. The molecular weight excluding hydrogens is 342 g/mol. The molecule has 0 aliphatic carbocycles. The van der Waals surface area contributed by atoms with E-state index in [2.05, 4.69) is 17.0 Å². The van der Waals surface area contributed by atoms with Crippen LogP contribution >= 0.6 is 0 Å². The molecule has 27 heavy (non-hydrogen) atoms. The number of rotatable bonds is 4. The second-order valence-corrected chi connectivity index (χ2v) is 7.00. The standard InChI is InChI=1S/C21H23N3O3/c1-27-18-9-7-17(8-10-18)24-20(25)15-19(21(24)26)23-13-11-22(12-14-23)16-5-3-2-4-6-16/h2-10,19H,11-15H2,1H3/p+1. The van der Waals surface area contributed by atoms with Crippen molar-refractivity contribution in [3.8, 4) is 5.75 Å². The molecule has 2 aliphatic rings. The number of ether oxygens (including phenoxy) is 1. The van der Waals surface area contributed by atoms with Crippen LogP contribution in [0.5, 0.6) is 5.75 Å². The molecule has 1 unspecified atom stereocenters. The van der Waals surface area contributed by atoms with E-state index in [-0.39, 0.29) is 24.3 Å². The summed E-state index contributed by atoms with van der Waals surface area (Å²) in [4.78, 5) is 30.4. The van der Waals surface area contributed by atoms with Crippen LogP contribution in [0, 0.1) is 0 Å². The predicted octanol–water partition coefficient (Wildman–Crippen LogP) is 0.732. The van der Waals surface area contributed by atoms with Gasteiger partial charge in [0.2, 0.25) is 5.91 Å². The first-order valence-electron chi connectivity index (χ1n) is 9.33. The van der Waals surface area contributed by atoms with Gasteiger partial charge in [0.05, 0.1) is 45.4 Å². The van der Waals surface area contributed by atoms with Crippen LogP contribution in [-0.4, -0.2) is 51.1 Å². The van der Waals surface area contributed by atoms with Gasteiger partial charge in [0.25, 0.3) is 5.91 Å². The van der Waals surface area contributed by atoms with E-state index in [1.54, 1.807) is 31.4 Å². The quantitative estimate of drug-likeness (QED) is 0.811. The molecule has 0 aromatic heterocycles. The molecule has 6 heteroatoms. The Morgan fingerprint density at radius 3 is 2.22 bits per heavy atom. The van der Waals surface area contributed by atoms with Gasteiger partial charge in [-0.1, -0.05) is 18.2 Å². The lowest BCUT2D eigenvalue weighted by Crippen LogP contribution is -3.19. The number of methoxy groups -OCH3 is 1. The summed E-state index contributed by atoms with van der Waals surface area (Å²) >= 11 is 0. The van der Waals surface area contributed by atoms with Crippen molar-refractivity contribution in [1.29, 1.82) is 0 Å². The molecule has 1 N–H and O–H groups in total. The fraction of sp³-hybridized carbons (Fsp3) is 0.333. The minimum absolute atomic E-state index is 0.0895. The highest BCUT2D eigenvalue weighted by Crippen LogP contribution is 2.24. The van der Waals surface area contributed by atoms with E-state index in [1.165, 1.54) is 15.5 Å². The van der Waals surface area contributed by atoms with Gasteiger partial charge in [0, 0.05) is 5.69 Å². The average Bonchev–Trinajstić information content (AvgIpc) is 3.03. The first kappa shape index (κ1) is 17.5. The first-order chi connectivity index (χ1) is 13.2. The maximum absolute atomic E-state index is 13.0. The Balaban J connectivity index is 1.43. The van der Waals surface area contributed by atoms with Gasteiger partial charge < -0.3 is 14.5 Å².